The molecular formula is C29H31N3O4. The highest BCUT2D eigenvalue weighted by Gasteiger charge is 2.39. The van der Waals surface area contributed by atoms with E-state index in [2.05, 4.69) is 10.6 Å². The molecule has 0 unspecified atom stereocenters. The molecule has 0 aliphatic heterocycles. The van der Waals surface area contributed by atoms with Crippen molar-refractivity contribution in [3.8, 4) is 11.1 Å². The molecular weight excluding hydrogens is 454 g/mol. The maximum atomic E-state index is 13.4. The maximum absolute atomic E-state index is 13.4. The van der Waals surface area contributed by atoms with Crippen LogP contribution in [-0.4, -0.2) is 30.0 Å². The Labute approximate surface area is 211 Å². The second-order valence-corrected chi connectivity index (χ2v) is 9.43. The summed E-state index contributed by atoms with van der Waals surface area (Å²) in [5.74, 6) is -1.44. The number of hydrogen-bond acceptors (Lipinski definition) is 4. The molecule has 3 aromatic rings. The maximum Gasteiger partial charge on any atom is 0.408 e. The summed E-state index contributed by atoms with van der Waals surface area (Å²) < 4.78 is 5.31. The molecule has 0 saturated carbocycles. The number of nitrogens with one attached hydrogen (secondary N) is 2. The minimum Gasteiger partial charge on any atom is -0.445 e. The number of amides is 3. The van der Waals surface area contributed by atoms with E-state index in [-0.39, 0.29) is 12.5 Å². The molecule has 0 saturated heterocycles. The summed E-state index contributed by atoms with van der Waals surface area (Å²) >= 11 is 0. The number of benzene rings is 3. The van der Waals surface area contributed by atoms with Crippen molar-refractivity contribution in [1.29, 1.82) is 0 Å². The number of fused-ring (bicyclic) bond motifs is 3. The Morgan fingerprint density at radius 3 is 1.94 bits per heavy atom. The van der Waals surface area contributed by atoms with Gasteiger partial charge in [0.25, 0.3) is 0 Å². The van der Waals surface area contributed by atoms with E-state index in [0.717, 1.165) is 27.8 Å². The van der Waals surface area contributed by atoms with Crippen LogP contribution in [0.3, 0.4) is 0 Å². The number of carbonyl (C=O) groups excluding carboxylic acids is 3. The van der Waals surface area contributed by atoms with Gasteiger partial charge in [0.1, 0.15) is 18.7 Å². The van der Waals surface area contributed by atoms with Crippen LogP contribution in [0.5, 0.6) is 0 Å². The van der Waals surface area contributed by atoms with Gasteiger partial charge in [-0.05, 0) is 40.2 Å². The molecule has 1 aliphatic rings. The smallest absolute Gasteiger partial charge is 0.408 e. The quantitative estimate of drug-likeness (QED) is 0.424. The zero-order valence-electron chi connectivity index (χ0n) is 20.4. The number of alkyl carbamates (subject to hydrolysis) is 1. The minimum atomic E-state index is -0.987. The summed E-state index contributed by atoms with van der Waals surface area (Å²) in [5, 5.41) is 5.51. The summed E-state index contributed by atoms with van der Waals surface area (Å²) in [4.78, 5) is 38.6. The van der Waals surface area contributed by atoms with Gasteiger partial charge in [-0.2, -0.15) is 0 Å². The fourth-order valence-corrected chi connectivity index (χ4v) is 4.74. The first-order valence-corrected chi connectivity index (χ1v) is 12.1. The van der Waals surface area contributed by atoms with Crippen LogP contribution >= 0.6 is 0 Å². The summed E-state index contributed by atoms with van der Waals surface area (Å²) in [6.07, 6.45) is -0.331. The average molecular weight is 486 g/mol. The Morgan fingerprint density at radius 2 is 1.39 bits per heavy atom. The van der Waals surface area contributed by atoms with Gasteiger partial charge in [-0.3, -0.25) is 9.59 Å². The van der Waals surface area contributed by atoms with Crippen LogP contribution < -0.4 is 16.4 Å². The largest absolute Gasteiger partial charge is 0.445 e. The second kappa shape index (κ2) is 11.1. The van der Waals surface area contributed by atoms with Crippen molar-refractivity contribution in [2.24, 2.45) is 11.7 Å². The number of carbonyl (C=O) groups is 3. The third kappa shape index (κ3) is 5.57. The third-order valence-corrected chi connectivity index (χ3v) is 6.35. The van der Waals surface area contributed by atoms with E-state index in [1.807, 2.05) is 92.7 Å². The van der Waals surface area contributed by atoms with Crippen molar-refractivity contribution in [3.05, 3.63) is 95.6 Å². The first-order chi connectivity index (χ1) is 17.3. The van der Waals surface area contributed by atoms with Gasteiger partial charge in [0.05, 0.1) is 0 Å². The minimum absolute atomic E-state index is 0.0856. The number of rotatable bonds is 9. The van der Waals surface area contributed by atoms with Crippen LogP contribution in [0.2, 0.25) is 0 Å². The summed E-state index contributed by atoms with van der Waals surface area (Å²) in [6, 6.07) is 23.0. The van der Waals surface area contributed by atoms with Crippen LogP contribution in [0.15, 0.2) is 78.9 Å². The summed E-state index contributed by atoms with van der Waals surface area (Å²) in [5.41, 5.74) is 10.6. The number of hydrogen-bond donors (Lipinski definition) is 3. The Balaban J connectivity index is 1.52. The molecule has 0 spiro atoms. The molecule has 1 aliphatic carbocycles. The van der Waals surface area contributed by atoms with Gasteiger partial charge < -0.3 is 21.1 Å². The zero-order valence-corrected chi connectivity index (χ0v) is 20.4. The van der Waals surface area contributed by atoms with E-state index >= 15 is 0 Å². The Bertz CT molecular complexity index is 1200. The van der Waals surface area contributed by atoms with E-state index in [0.29, 0.717) is 6.42 Å². The fraction of sp³-hybridized carbons (Fsp3) is 0.276. The van der Waals surface area contributed by atoms with Crippen molar-refractivity contribution in [3.63, 3.8) is 0 Å². The molecule has 7 heteroatoms. The van der Waals surface area contributed by atoms with Crippen LogP contribution in [-0.2, 0) is 20.9 Å². The lowest BCUT2D eigenvalue weighted by Crippen LogP contribution is -2.55. The predicted molar refractivity (Wildman–Crippen MR) is 138 cm³/mol. The number of ether oxygens (including phenoxy) is 1. The lowest BCUT2D eigenvalue weighted by molar-refractivity contribution is -0.129. The van der Waals surface area contributed by atoms with Crippen molar-refractivity contribution in [1.82, 2.24) is 10.6 Å². The van der Waals surface area contributed by atoms with Crippen molar-refractivity contribution in [2.75, 3.05) is 0 Å². The monoisotopic (exact) mass is 485 g/mol. The molecule has 4 rings (SSSR count). The Hall–Kier alpha value is -4.13. The Morgan fingerprint density at radius 1 is 0.833 bits per heavy atom. The number of primary amides is 1. The van der Waals surface area contributed by atoms with Crippen molar-refractivity contribution in [2.45, 2.75) is 44.9 Å². The summed E-state index contributed by atoms with van der Waals surface area (Å²) in [7, 11) is 0. The topological polar surface area (TPSA) is 111 Å². The molecule has 0 fully saturated rings. The molecule has 0 heterocycles. The van der Waals surface area contributed by atoms with Crippen LogP contribution in [0.1, 0.15) is 42.9 Å². The highest BCUT2D eigenvalue weighted by atomic mass is 16.5. The molecule has 7 nitrogen and oxygen atoms in total. The third-order valence-electron chi connectivity index (χ3n) is 6.35. The van der Waals surface area contributed by atoms with Crippen molar-refractivity contribution < 1.29 is 19.1 Å². The molecule has 3 amide bonds. The Kier molecular flexibility index (Phi) is 7.68. The fourth-order valence-electron chi connectivity index (χ4n) is 4.74. The van der Waals surface area contributed by atoms with Gasteiger partial charge in [-0.1, -0.05) is 92.7 Å². The highest BCUT2D eigenvalue weighted by Crippen LogP contribution is 2.46. The van der Waals surface area contributed by atoms with Crippen LogP contribution in [0.4, 0.5) is 4.79 Å². The van der Waals surface area contributed by atoms with Gasteiger partial charge in [-0.15, -0.1) is 0 Å². The molecule has 36 heavy (non-hydrogen) atoms. The highest BCUT2D eigenvalue weighted by molar-refractivity contribution is 5.93. The molecule has 2 atom stereocenters. The zero-order chi connectivity index (χ0) is 25.7. The SMILES string of the molecule is CC(C)C[C@H](NC(=O)OCc1ccccc1)C(=O)N[C@@H](C(N)=O)C1c2ccccc2-c2ccccc21. The molecule has 4 N–H and O–H groups in total. The van der Waals surface area contributed by atoms with E-state index in [1.165, 1.54) is 0 Å². The molecule has 0 radical (unpaired) electrons. The van der Waals surface area contributed by atoms with E-state index in [4.69, 9.17) is 10.5 Å². The van der Waals surface area contributed by atoms with Gasteiger partial charge in [0.15, 0.2) is 0 Å². The standard InChI is InChI=1S/C29H31N3O4/c1-18(2)16-24(31-29(35)36-17-19-10-4-3-5-11-19)28(34)32-26(27(30)33)25-22-14-8-6-12-20(22)21-13-7-9-15-23(21)25/h3-15,18,24-26H,16-17H2,1-2H3,(H2,30,33)(H,31,35)(H,32,34)/t24-,26+/m0/s1. The average Bonchev–Trinajstić information content (AvgIpc) is 3.20. The van der Waals surface area contributed by atoms with Crippen LogP contribution in [0, 0.1) is 5.92 Å². The van der Waals surface area contributed by atoms with E-state index < -0.39 is 35.9 Å². The van der Waals surface area contributed by atoms with Gasteiger partial charge in [-0.25, -0.2) is 4.79 Å². The first-order valence-electron chi connectivity index (χ1n) is 12.1. The van der Waals surface area contributed by atoms with E-state index in [9.17, 15) is 14.4 Å². The number of nitrogens with two attached hydrogens (primary N) is 1. The van der Waals surface area contributed by atoms with Crippen LogP contribution in [0.25, 0.3) is 11.1 Å². The lowest BCUT2D eigenvalue weighted by atomic mass is 9.88. The normalized spacial score (nSPS) is 13.9. The second-order valence-electron chi connectivity index (χ2n) is 9.43. The molecule has 3 aromatic carbocycles. The van der Waals surface area contributed by atoms with Gasteiger partial charge in [0, 0.05) is 5.92 Å². The van der Waals surface area contributed by atoms with E-state index in [1.54, 1.807) is 0 Å². The first kappa shape index (κ1) is 25.0. The van der Waals surface area contributed by atoms with Crippen molar-refractivity contribution >= 4 is 17.9 Å². The summed E-state index contributed by atoms with van der Waals surface area (Å²) in [6.45, 7) is 3.99. The lowest BCUT2D eigenvalue weighted by Gasteiger charge is -2.27. The molecule has 186 valence electrons. The predicted octanol–water partition coefficient (Wildman–Crippen LogP) is 4.11. The molecule has 0 bridgehead atoms. The molecule has 0 aromatic heterocycles. The van der Waals surface area contributed by atoms with Gasteiger partial charge >= 0.3 is 6.09 Å². The van der Waals surface area contributed by atoms with Gasteiger partial charge in [0.2, 0.25) is 11.8 Å².